The van der Waals surface area contributed by atoms with Crippen LogP contribution in [0.25, 0.3) is 6.08 Å². The number of fused-ring (bicyclic) bond motifs is 4. The molecule has 0 spiro atoms. The van der Waals surface area contributed by atoms with Crippen LogP contribution in [0.3, 0.4) is 0 Å². The Bertz CT molecular complexity index is 1160. The molecule has 0 aliphatic carbocycles. The van der Waals surface area contributed by atoms with Gasteiger partial charge in [0.25, 0.3) is 0 Å². The van der Waals surface area contributed by atoms with Crippen LogP contribution >= 0.6 is 0 Å². The van der Waals surface area contributed by atoms with E-state index in [0.29, 0.717) is 34.3 Å². The summed E-state index contributed by atoms with van der Waals surface area (Å²) in [5.74, 6) is 0.901. The summed E-state index contributed by atoms with van der Waals surface area (Å²) in [4.78, 5) is 29.3. The molecule has 144 valence electrons. The number of ketones is 1. The lowest BCUT2D eigenvalue weighted by Crippen LogP contribution is -2.16. The molecule has 3 aromatic rings. The van der Waals surface area contributed by atoms with Gasteiger partial charge >= 0.3 is 5.97 Å². The molecule has 0 saturated heterocycles. The van der Waals surface area contributed by atoms with Crippen molar-refractivity contribution in [2.24, 2.45) is 0 Å². The second kappa shape index (κ2) is 6.63. The summed E-state index contributed by atoms with van der Waals surface area (Å²) in [5.41, 5.74) is 1.77. The molecule has 0 bridgehead atoms. The molecule has 2 aliphatic rings. The van der Waals surface area contributed by atoms with Gasteiger partial charge in [0.05, 0.1) is 25.4 Å². The monoisotopic (exact) mass is 389 g/mol. The number of rotatable bonds is 3. The average Bonchev–Trinajstić information content (AvgIpc) is 3.36. The standard InChI is InChI=1S/C22H15NO6/c1-26-18(24)11-15-13-5-2-8-23-22(13)29-16-7-6-14-20(25)17(28-21(14)19(15)16)10-12-4-3-9-27-12/h2-10,15H,11H2,1H3/b17-10-/t15-/m0/s1. The number of methoxy groups -OCH3 is 1. The largest absolute Gasteiger partial charge is 0.469 e. The van der Waals surface area contributed by atoms with Crippen molar-refractivity contribution in [3.8, 4) is 17.4 Å². The molecule has 7 heteroatoms. The molecule has 0 radical (unpaired) electrons. The number of allylic oxidation sites excluding steroid dienone is 1. The third-order valence-corrected chi connectivity index (χ3v) is 4.98. The predicted molar refractivity (Wildman–Crippen MR) is 101 cm³/mol. The van der Waals surface area contributed by atoms with Crippen LogP contribution in [0.4, 0.5) is 0 Å². The molecule has 0 saturated carbocycles. The Hall–Kier alpha value is -3.87. The highest BCUT2D eigenvalue weighted by molar-refractivity contribution is 6.15. The molecule has 0 N–H and O–H groups in total. The lowest BCUT2D eigenvalue weighted by Gasteiger charge is -2.27. The zero-order chi connectivity index (χ0) is 20.0. The van der Waals surface area contributed by atoms with Crippen molar-refractivity contribution in [3.63, 3.8) is 0 Å². The Kier molecular flexibility index (Phi) is 3.94. The molecule has 1 aromatic carbocycles. The van der Waals surface area contributed by atoms with E-state index >= 15 is 0 Å². The molecule has 0 fully saturated rings. The van der Waals surface area contributed by atoms with Crippen LogP contribution < -0.4 is 9.47 Å². The van der Waals surface area contributed by atoms with Crippen LogP contribution in [0.5, 0.6) is 17.4 Å². The maximum Gasteiger partial charge on any atom is 0.306 e. The number of benzene rings is 1. The molecule has 2 aliphatic heterocycles. The number of hydrogen-bond acceptors (Lipinski definition) is 7. The van der Waals surface area contributed by atoms with Crippen LogP contribution in [0.2, 0.25) is 0 Å². The van der Waals surface area contributed by atoms with Gasteiger partial charge in [-0.05, 0) is 30.3 Å². The number of aromatic nitrogens is 1. The first-order valence-electron chi connectivity index (χ1n) is 9.00. The molecular formula is C22H15NO6. The third-order valence-electron chi connectivity index (χ3n) is 4.98. The summed E-state index contributed by atoms with van der Waals surface area (Å²) in [6.45, 7) is 0. The topological polar surface area (TPSA) is 87.9 Å². The van der Waals surface area contributed by atoms with Crippen LogP contribution in [-0.4, -0.2) is 23.8 Å². The molecule has 7 nitrogen and oxygen atoms in total. The predicted octanol–water partition coefficient (Wildman–Crippen LogP) is 4.09. The molecule has 29 heavy (non-hydrogen) atoms. The fourth-order valence-corrected chi connectivity index (χ4v) is 3.65. The SMILES string of the molecule is COC(=O)C[C@H]1c2cccnc2Oc2ccc3c(c21)O/C(=C\c1ccco1)C3=O. The van der Waals surface area contributed by atoms with Crippen molar-refractivity contribution >= 4 is 17.8 Å². The van der Waals surface area contributed by atoms with E-state index < -0.39 is 5.92 Å². The molecule has 4 heterocycles. The van der Waals surface area contributed by atoms with E-state index in [1.807, 2.05) is 6.07 Å². The second-order valence-electron chi connectivity index (χ2n) is 6.64. The molecule has 5 rings (SSSR count). The summed E-state index contributed by atoms with van der Waals surface area (Å²) in [6, 6.07) is 10.4. The van der Waals surface area contributed by atoms with E-state index in [0.717, 1.165) is 5.56 Å². The number of hydrogen-bond donors (Lipinski definition) is 0. The van der Waals surface area contributed by atoms with Crippen molar-refractivity contribution in [1.82, 2.24) is 4.98 Å². The summed E-state index contributed by atoms with van der Waals surface area (Å²) in [5, 5.41) is 0. The highest BCUT2D eigenvalue weighted by Gasteiger charge is 2.39. The number of nitrogens with zero attached hydrogens (tertiary/aromatic N) is 1. The van der Waals surface area contributed by atoms with Gasteiger partial charge in [0, 0.05) is 29.3 Å². The van der Waals surface area contributed by atoms with E-state index in [2.05, 4.69) is 4.98 Å². The third kappa shape index (κ3) is 2.79. The average molecular weight is 389 g/mol. The van der Waals surface area contributed by atoms with Gasteiger partial charge in [0.2, 0.25) is 11.7 Å². The van der Waals surface area contributed by atoms with Gasteiger partial charge in [-0.2, -0.15) is 0 Å². The molecule has 1 atom stereocenters. The Morgan fingerprint density at radius 3 is 2.90 bits per heavy atom. The van der Waals surface area contributed by atoms with Gasteiger partial charge in [-0.15, -0.1) is 0 Å². The number of pyridine rings is 1. The van der Waals surface area contributed by atoms with Crippen molar-refractivity contribution in [2.75, 3.05) is 7.11 Å². The highest BCUT2D eigenvalue weighted by Crippen LogP contribution is 2.52. The smallest absolute Gasteiger partial charge is 0.306 e. The van der Waals surface area contributed by atoms with Crippen LogP contribution in [0, 0.1) is 0 Å². The second-order valence-corrected chi connectivity index (χ2v) is 6.64. The van der Waals surface area contributed by atoms with Crippen LogP contribution in [-0.2, 0) is 9.53 Å². The minimum atomic E-state index is -0.416. The zero-order valence-electron chi connectivity index (χ0n) is 15.4. The lowest BCUT2D eigenvalue weighted by molar-refractivity contribution is -0.140. The van der Waals surface area contributed by atoms with Crippen molar-refractivity contribution in [1.29, 1.82) is 0 Å². The van der Waals surface area contributed by atoms with Crippen molar-refractivity contribution in [2.45, 2.75) is 12.3 Å². The summed E-state index contributed by atoms with van der Waals surface area (Å²) in [6.07, 6.45) is 4.75. The van der Waals surface area contributed by atoms with Gasteiger partial charge in [0.15, 0.2) is 5.76 Å². The maximum atomic E-state index is 12.9. The van der Waals surface area contributed by atoms with Crippen molar-refractivity contribution in [3.05, 3.63) is 77.1 Å². The number of Topliss-reactive ketones (excluding diaryl/α,β-unsaturated/α-hetero) is 1. The summed E-state index contributed by atoms with van der Waals surface area (Å²) >= 11 is 0. The van der Waals surface area contributed by atoms with E-state index in [1.165, 1.54) is 13.4 Å². The van der Waals surface area contributed by atoms with Gasteiger partial charge < -0.3 is 18.6 Å². The first-order valence-corrected chi connectivity index (χ1v) is 9.00. The number of carbonyl (C=O) groups is 2. The van der Waals surface area contributed by atoms with E-state index in [4.69, 9.17) is 18.6 Å². The zero-order valence-corrected chi connectivity index (χ0v) is 15.4. The fraction of sp³-hybridized carbons (Fsp3) is 0.136. The number of esters is 1. The first-order chi connectivity index (χ1) is 14.2. The van der Waals surface area contributed by atoms with Crippen molar-refractivity contribution < 1.29 is 28.2 Å². The minimum Gasteiger partial charge on any atom is -0.469 e. The lowest BCUT2D eigenvalue weighted by atomic mass is 9.85. The summed E-state index contributed by atoms with van der Waals surface area (Å²) < 4.78 is 22.1. The molecule has 0 amide bonds. The Labute approximate surface area is 165 Å². The molecule has 0 unspecified atom stereocenters. The van der Waals surface area contributed by atoms with Gasteiger partial charge in [-0.1, -0.05) is 6.07 Å². The number of carbonyl (C=O) groups excluding carboxylic acids is 2. The first kappa shape index (κ1) is 17.2. The quantitative estimate of drug-likeness (QED) is 0.492. The van der Waals surface area contributed by atoms with Crippen LogP contribution in [0.1, 0.15) is 39.6 Å². The van der Waals surface area contributed by atoms with E-state index in [1.54, 1.807) is 42.6 Å². The highest BCUT2D eigenvalue weighted by atomic mass is 16.5. The number of furan rings is 1. The summed E-state index contributed by atoms with van der Waals surface area (Å²) in [7, 11) is 1.34. The Morgan fingerprint density at radius 2 is 2.10 bits per heavy atom. The fourth-order valence-electron chi connectivity index (χ4n) is 3.65. The molecule has 2 aromatic heterocycles. The number of ether oxygens (including phenoxy) is 3. The van der Waals surface area contributed by atoms with Crippen LogP contribution in [0.15, 0.2) is 59.0 Å². The van der Waals surface area contributed by atoms with Gasteiger partial charge in [-0.3, -0.25) is 9.59 Å². The van der Waals surface area contributed by atoms with Gasteiger partial charge in [-0.25, -0.2) is 4.98 Å². The normalized spacial score (nSPS) is 17.8. The van der Waals surface area contributed by atoms with E-state index in [9.17, 15) is 9.59 Å². The van der Waals surface area contributed by atoms with Gasteiger partial charge in [0.1, 0.15) is 17.3 Å². The minimum absolute atomic E-state index is 0.0663. The Balaban J connectivity index is 1.64. The molecular weight excluding hydrogens is 374 g/mol. The van der Waals surface area contributed by atoms with E-state index in [-0.39, 0.29) is 23.9 Å². The Morgan fingerprint density at radius 1 is 1.21 bits per heavy atom. The maximum absolute atomic E-state index is 12.9.